The Morgan fingerprint density at radius 2 is 1.82 bits per heavy atom. The Labute approximate surface area is 197 Å². The van der Waals surface area contributed by atoms with Gasteiger partial charge >= 0.3 is 0 Å². The highest BCUT2D eigenvalue weighted by atomic mass is 35.5. The molecule has 1 saturated heterocycles. The lowest BCUT2D eigenvalue weighted by atomic mass is 10.0. The minimum absolute atomic E-state index is 0.302. The minimum atomic E-state index is -2.21. The Kier molecular flexibility index (Phi) is 6.23. The van der Waals surface area contributed by atoms with Crippen LogP contribution in [0.5, 0.6) is 11.8 Å². The maximum atomic E-state index is 9.59. The summed E-state index contributed by atoms with van der Waals surface area (Å²) in [6.45, 7) is 5.10. The van der Waals surface area contributed by atoms with E-state index in [0.717, 1.165) is 54.0 Å². The smallest absolute Gasteiger partial charge is 0.300 e. The molecular formula is C24H23ClN3O4P. The van der Waals surface area contributed by atoms with E-state index in [1.807, 2.05) is 19.1 Å². The summed E-state index contributed by atoms with van der Waals surface area (Å²) in [4.78, 5) is 29.2. The van der Waals surface area contributed by atoms with Crippen LogP contribution < -0.4 is 14.9 Å². The highest BCUT2D eigenvalue weighted by Crippen LogP contribution is 2.34. The molecule has 1 aliphatic rings. The van der Waals surface area contributed by atoms with Crippen molar-refractivity contribution >= 4 is 42.0 Å². The molecular weight excluding hydrogens is 461 g/mol. The summed E-state index contributed by atoms with van der Waals surface area (Å²) in [5.41, 5.74) is 5.33. The number of rotatable bonds is 5. The number of aryl methyl sites for hydroxylation is 1. The van der Waals surface area contributed by atoms with E-state index in [0.29, 0.717) is 22.1 Å². The molecule has 7 nitrogen and oxygen atoms in total. The fourth-order valence-electron chi connectivity index (χ4n) is 3.93. The van der Waals surface area contributed by atoms with Crippen LogP contribution in [0.15, 0.2) is 54.6 Å². The van der Waals surface area contributed by atoms with Gasteiger partial charge in [-0.15, -0.1) is 0 Å². The van der Waals surface area contributed by atoms with Gasteiger partial charge in [0.1, 0.15) is 5.75 Å². The van der Waals surface area contributed by atoms with Crippen LogP contribution in [-0.4, -0.2) is 46.1 Å². The van der Waals surface area contributed by atoms with Crippen molar-refractivity contribution in [1.82, 2.24) is 9.97 Å². The number of nitrogens with one attached hydrogen (secondary N) is 1. The van der Waals surface area contributed by atoms with Crippen LogP contribution in [-0.2, 0) is 4.74 Å². The first-order valence-electron chi connectivity index (χ1n) is 10.6. The van der Waals surface area contributed by atoms with Gasteiger partial charge in [0, 0.05) is 29.6 Å². The number of halogens is 1. The zero-order valence-corrected chi connectivity index (χ0v) is 19.6. The second-order valence-corrected chi connectivity index (χ2v) is 9.35. The average Bonchev–Trinajstić information content (AvgIpc) is 3.21. The summed E-state index contributed by atoms with van der Waals surface area (Å²) in [6.07, 6.45) is 0. The molecule has 0 bridgehead atoms. The lowest BCUT2D eigenvalue weighted by Gasteiger charge is -2.29. The first-order valence-corrected chi connectivity index (χ1v) is 12.2. The first-order chi connectivity index (χ1) is 16.0. The third kappa shape index (κ3) is 4.69. The fourth-order valence-corrected chi connectivity index (χ4v) is 4.84. The number of anilines is 1. The van der Waals surface area contributed by atoms with E-state index in [1.54, 1.807) is 18.2 Å². The first kappa shape index (κ1) is 22.1. The molecule has 0 amide bonds. The molecule has 2 heterocycles. The van der Waals surface area contributed by atoms with E-state index in [-0.39, 0.29) is 0 Å². The average molecular weight is 484 g/mol. The largest absolute Gasteiger partial charge is 0.426 e. The zero-order chi connectivity index (χ0) is 22.9. The molecule has 3 aromatic carbocycles. The van der Waals surface area contributed by atoms with Crippen molar-refractivity contribution in [3.63, 3.8) is 0 Å². The molecule has 9 heteroatoms. The number of hydrogen-bond donors (Lipinski definition) is 3. The highest BCUT2D eigenvalue weighted by molar-refractivity contribution is 7.54. The SMILES string of the molecule is Cc1ccc(Oc2nc3cc(-c4ccc(N5CCOCC5)cc4)c(Cl)cc3[nH]2)cc1P(O)O. The van der Waals surface area contributed by atoms with Gasteiger partial charge in [0.15, 0.2) is 8.38 Å². The Bertz CT molecular complexity index is 1290. The van der Waals surface area contributed by atoms with Crippen molar-refractivity contribution in [1.29, 1.82) is 0 Å². The normalized spacial score (nSPS) is 14.3. The molecule has 0 atom stereocenters. The fraction of sp³-hybridized carbons (Fsp3) is 0.208. The number of nitrogens with zero attached hydrogens (tertiary/aromatic N) is 2. The Morgan fingerprint density at radius 1 is 1.06 bits per heavy atom. The predicted molar refractivity (Wildman–Crippen MR) is 132 cm³/mol. The molecule has 0 aliphatic carbocycles. The standard InChI is InChI=1S/C24H23ClN3O4P/c1-15-2-7-18(12-23(15)33(29)30)32-24-26-21-13-19(20(25)14-22(21)27-24)16-3-5-17(6-4-16)28-8-10-31-11-9-28/h2-7,12-14,29-30H,8-11H2,1H3,(H,26,27). The van der Waals surface area contributed by atoms with Gasteiger partial charge < -0.3 is 29.1 Å². The molecule has 5 rings (SSSR count). The summed E-state index contributed by atoms with van der Waals surface area (Å²) < 4.78 is 11.3. The molecule has 4 aromatic rings. The van der Waals surface area contributed by atoms with E-state index < -0.39 is 8.38 Å². The van der Waals surface area contributed by atoms with Crippen LogP contribution in [0.2, 0.25) is 5.02 Å². The van der Waals surface area contributed by atoms with Crippen molar-refractivity contribution in [2.45, 2.75) is 6.92 Å². The van der Waals surface area contributed by atoms with E-state index in [4.69, 9.17) is 21.1 Å². The molecule has 1 fully saturated rings. The third-order valence-electron chi connectivity index (χ3n) is 5.71. The Hall–Kier alpha value is -2.67. The van der Waals surface area contributed by atoms with Gasteiger partial charge in [0.25, 0.3) is 6.01 Å². The summed E-state index contributed by atoms with van der Waals surface area (Å²) >= 11 is 6.60. The molecule has 1 aliphatic heterocycles. The van der Waals surface area contributed by atoms with Crippen molar-refractivity contribution in [2.75, 3.05) is 31.2 Å². The van der Waals surface area contributed by atoms with E-state index >= 15 is 0 Å². The van der Waals surface area contributed by atoms with Gasteiger partial charge in [-0.05, 0) is 54.4 Å². The molecule has 0 saturated carbocycles. The minimum Gasteiger partial charge on any atom is -0.426 e. The lowest BCUT2D eigenvalue weighted by molar-refractivity contribution is 0.122. The number of H-pyrrole nitrogens is 1. The number of morpholine rings is 1. The van der Waals surface area contributed by atoms with Crippen molar-refractivity contribution < 1.29 is 19.3 Å². The summed E-state index contributed by atoms with van der Waals surface area (Å²) in [6, 6.07) is 17.6. The van der Waals surface area contributed by atoms with Crippen molar-refractivity contribution in [3.8, 4) is 22.9 Å². The number of fused-ring (bicyclic) bond motifs is 1. The van der Waals surface area contributed by atoms with Crippen LogP contribution in [0.3, 0.4) is 0 Å². The summed E-state index contributed by atoms with van der Waals surface area (Å²) in [7, 11) is -2.21. The van der Waals surface area contributed by atoms with E-state index in [1.165, 1.54) is 5.69 Å². The number of aromatic nitrogens is 2. The van der Waals surface area contributed by atoms with Gasteiger partial charge in [0.2, 0.25) is 0 Å². The van der Waals surface area contributed by atoms with Crippen LogP contribution in [0, 0.1) is 6.92 Å². The van der Waals surface area contributed by atoms with Crippen molar-refractivity contribution in [2.24, 2.45) is 0 Å². The van der Waals surface area contributed by atoms with Crippen LogP contribution >= 0.6 is 20.0 Å². The zero-order valence-electron chi connectivity index (χ0n) is 18.0. The van der Waals surface area contributed by atoms with Crippen LogP contribution in [0.4, 0.5) is 5.69 Å². The predicted octanol–water partition coefficient (Wildman–Crippen LogP) is 4.74. The number of hydrogen-bond acceptors (Lipinski definition) is 6. The summed E-state index contributed by atoms with van der Waals surface area (Å²) in [5.74, 6) is 0.468. The number of imidazole rings is 1. The van der Waals surface area contributed by atoms with Gasteiger partial charge in [-0.25, -0.2) is 0 Å². The number of aromatic amines is 1. The quantitative estimate of drug-likeness (QED) is 0.355. The topological polar surface area (TPSA) is 90.8 Å². The maximum Gasteiger partial charge on any atom is 0.300 e. The number of benzene rings is 3. The lowest BCUT2D eigenvalue weighted by Crippen LogP contribution is -2.36. The van der Waals surface area contributed by atoms with Gasteiger partial charge in [-0.1, -0.05) is 29.8 Å². The van der Waals surface area contributed by atoms with Crippen LogP contribution in [0.1, 0.15) is 5.56 Å². The van der Waals surface area contributed by atoms with Gasteiger partial charge in [-0.2, -0.15) is 4.98 Å². The highest BCUT2D eigenvalue weighted by Gasteiger charge is 2.15. The number of ether oxygens (including phenoxy) is 2. The Balaban J connectivity index is 1.41. The summed E-state index contributed by atoms with van der Waals surface area (Å²) in [5, 5.41) is 1.06. The molecule has 1 aromatic heterocycles. The Morgan fingerprint density at radius 3 is 2.55 bits per heavy atom. The molecule has 0 radical (unpaired) electrons. The molecule has 33 heavy (non-hydrogen) atoms. The molecule has 170 valence electrons. The van der Waals surface area contributed by atoms with Crippen LogP contribution in [0.25, 0.3) is 22.2 Å². The molecule has 3 N–H and O–H groups in total. The monoisotopic (exact) mass is 483 g/mol. The molecule has 0 unspecified atom stereocenters. The van der Waals surface area contributed by atoms with E-state index in [9.17, 15) is 9.79 Å². The second kappa shape index (κ2) is 9.29. The van der Waals surface area contributed by atoms with Crippen molar-refractivity contribution in [3.05, 3.63) is 65.2 Å². The molecule has 0 spiro atoms. The maximum absolute atomic E-state index is 9.59. The van der Waals surface area contributed by atoms with Gasteiger partial charge in [-0.3, -0.25) is 0 Å². The van der Waals surface area contributed by atoms with E-state index in [2.05, 4.69) is 39.1 Å². The second-order valence-electron chi connectivity index (χ2n) is 7.88. The van der Waals surface area contributed by atoms with Gasteiger partial charge in [0.05, 0.1) is 29.3 Å². The third-order valence-corrected chi connectivity index (χ3v) is 6.94.